The number of aliphatic carboxylic acids is 1. The monoisotopic (exact) mass is 896 g/mol. The Labute approximate surface area is 381 Å². The normalized spacial score (nSPS) is 10.1. The van der Waals surface area contributed by atoms with Crippen molar-refractivity contribution in [2.24, 2.45) is 0 Å². The van der Waals surface area contributed by atoms with Crippen molar-refractivity contribution in [3.8, 4) is 33.8 Å². The van der Waals surface area contributed by atoms with E-state index in [1.54, 1.807) is 72.8 Å². The minimum atomic E-state index is -4.22. The quantitative estimate of drug-likeness (QED) is 0.0445. The summed E-state index contributed by atoms with van der Waals surface area (Å²) < 4.78 is 78.0. The predicted molar refractivity (Wildman–Crippen MR) is 220 cm³/mol. The number of carbonyl (C=O) groups is 1. The molecule has 0 saturated heterocycles. The van der Waals surface area contributed by atoms with Crippen molar-refractivity contribution < 1.29 is 85.5 Å². The van der Waals surface area contributed by atoms with Crippen molar-refractivity contribution in [1.29, 1.82) is 0 Å². The average Bonchev–Trinajstić information content (AvgIpc) is 3.18. The summed E-state index contributed by atoms with van der Waals surface area (Å²) in [5.41, 5.74) is 5.08. The number of phenols is 1. The standard InChI is InChI=1S/C20H14F3NO3.C19H14FNO3.C2HClF2O2.3CH4.Na/c21-16-7-4-13(5-8-16)10-14-6-9-19(27-20(22)23)18(11-14)15-2-1-3-17(12-15)24(25)26;20-16-7-4-13(5-8-16)10-14-6-9-19(22)18(11-14)15-2-1-3-17(12-15)21(23)24;3-2(4,5)1(6)7;;;;/h1-9,11-12,20H,10H2;1-9,11-12,22H,10H2;(H,6,7);3*1H4;/q;;;;;;+1/p-1. The third-order valence-corrected chi connectivity index (χ3v) is 8.09. The molecular weight excluding hydrogens is 857 g/mol. The third-order valence-electron chi connectivity index (χ3n) is 7.93. The molecule has 0 unspecified atom stereocenters. The second kappa shape index (κ2) is 25.7. The van der Waals surface area contributed by atoms with Crippen LogP contribution >= 0.6 is 11.6 Å². The van der Waals surface area contributed by atoms with Gasteiger partial charge in [-0.05, 0) is 106 Å². The largest absolute Gasteiger partial charge is 1.00 e. The van der Waals surface area contributed by atoms with E-state index in [0.717, 1.165) is 22.3 Å². The zero-order chi connectivity index (χ0) is 42.6. The molecule has 0 fully saturated rings. The van der Waals surface area contributed by atoms with Gasteiger partial charge in [0.25, 0.3) is 11.4 Å². The molecule has 0 aliphatic rings. The zero-order valence-corrected chi connectivity index (χ0v) is 33.3. The molecule has 0 heterocycles. The topological polar surface area (TPSA) is 156 Å². The fourth-order valence-corrected chi connectivity index (χ4v) is 5.29. The predicted octanol–water partition coefficient (Wildman–Crippen LogP) is 8.77. The number of aromatic hydroxyl groups is 1. The number of carboxylic acids is 1. The van der Waals surface area contributed by atoms with Crippen LogP contribution in [0, 0.1) is 31.9 Å². The summed E-state index contributed by atoms with van der Waals surface area (Å²) in [4.78, 5) is 29.9. The molecule has 0 aromatic heterocycles. The Bertz CT molecular complexity index is 2390. The van der Waals surface area contributed by atoms with Gasteiger partial charge in [0.05, 0.1) is 9.85 Å². The van der Waals surface area contributed by atoms with Gasteiger partial charge in [-0.15, -0.1) is 0 Å². The summed E-state index contributed by atoms with van der Waals surface area (Å²) in [6, 6.07) is 33.8. The molecule has 0 aliphatic heterocycles. The number of phenolic OH excluding ortho intramolecular Hbond substituents is 1. The van der Waals surface area contributed by atoms with Crippen molar-refractivity contribution in [2.75, 3.05) is 0 Å². The van der Waals surface area contributed by atoms with E-state index in [0.29, 0.717) is 35.1 Å². The molecule has 0 bridgehead atoms. The van der Waals surface area contributed by atoms with Gasteiger partial charge in [-0.1, -0.05) is 82.9 Å². The summed E-state index contributed by atoms with van der Waals surface area (Å²) >= 11 is 3.87. The van der Waals surface area contributed by atoms with Gasteiger partial charge in [0.15, 0.2) is 0 Å². The van der Waals surface area contributed by atoms with Crippen LogP contribution in [0.15, 0.2) is 133 Å². The van der Waals surface area contributed by atoms with E-state index in [1.807, 2.05) is 0 Å². The average molecular weight is 897 g/mol. The minimum Gasteiger partial charge on any atom is -0.543 e. The number of halogens is 7. The molecular formula is C44H40ClF6N2NaO8. The molecule has 324 valence electrons. The van der Waals surface area contributed by atoms with E-state index in [9.17, 15) is 51.7 Å². The molecule has 0 saturated carbocycles. The Kier molecular flexibility index (Phi) is 23.3. The molecule has 6 aromatic rings. The van der Waals surface area contributed by atoms with Gasteiger partial charge < -0.3 is 19.7 Å². The van der Waals surface area contributed by atoms with E-state index in [1.165, 1.54) is 60.7 Å². The van der Waals surface area contributed by atoms with E-state index in [4.69, 9.17) is 9.90 Å². The SMILES string of the molecule is C.C.C.O=C([O-])C(F)(F)Cl.O=[N+]([O-])c1cccc(-c2cc(Cc3ccc(F)cc3)ccc2O)c1.O=[N+]([O-])c1cccc(-c2cc(Cc3ccc(F)cc3)ccc2OC(F)F)c1.[Na+]. The van der Waals surface area contributed by atoms with E-state index < -0.39 is 27.8 Å². The molecule has 10 nitrogen and oxygen atoms in total. The number of hydrogen-bond acceptors (Lipinski definition) is 8. The van der Waals surface area contributed by atoms with Gasteiger partial charge in [0, 0.05) is 35.4 Å². The molecule has 6 aromatic carbocycles. The maximum absolute atomic E-state index is 13.0. The maximum atomic E-state index is 13.0. The molecule has 18 heteroatoms. The smallest absolute Gasteiger partial charge is 0.543 e. The van der Waals surface area contributed by atoms with Crippen molar-refractivity contribution >= 4 is 28.9 Å². The molecule has 62 heavy (non-hydrogen) atoms. The molecule has 0 atom stereocenters. The van der Waals surface area contributed by atoms with Crippen LogP contribution in [0.4, 0.5) is 37.7 Å². The van der Waals surface area contributed by atoms with Crippen LogP contribution in [0.1, 0.15) is 44.5 Å². The second-order valence-corrected chi connectivity index (χ2v) is 12.5. The number of carboxylic acid groups (broad SMARTS) is 1. The van der Waals surface area contributed by atoms with Crippen LogP contribution in [0.3, 0.4) is 0 Å². The summed E-state index contributed by atoms with van der Waals surface area (Å²) in [7, 11) is 0. The van der Waals surface area contributed by atoms with Crippen molar-refractivity contribution in [2.45, 2.75) is 47.1 Å². The van der Waals surface area contributed by atoms with Crippen LogP contribution in [0.2, 0.25) is 0 Å². The fourth-order valence-electron chi connectivity index (χ4n) is 5.29. The Morgan fingerprint density at radius 2 is 1.02 bits per heavy atom. The van der Waals surface area contributed by atoms with Gasteiger partial charge in [0.1, 0.15) is 29.1 Å². The van der Waals surface area contributed by atoms with Gasteiger partial charge in [-0.25, -0.2) is 8.78 Å². The molecule has 0 amide bonds. The van der Waals surface area contributed by atoms with Crippen molar-refractivity contribution in [1.82, 2.24) is 0 Å². The number of nitrogens with zero attached hydrogens (tertiary/aromatic N) is 2. The Morgan fingerprint density at radius 1 is 0.645 bits per heavy atom. The second-order valence-electron chi connectivity index (χ2n) is 12.1. The first-order chi connectivity index (χ1) is 27.4. The summed E-state index contributed by atoms with van der Waals surface area (Å²) in [5.74, 6) is -3.24. The van der Waals surface area contributed by atoms with Crippen molar-refractivity contribution in [3.05, 3.63) is 188 Å². The number of alkyl halides is 5. The fraction of sp³-hybridized carbons (Fsp3) is 0.159. The van der Waals surface area contributed by atoms with Crippen molar-refractivity contribution in [3.63, 3.8) is 0 Å². The minimum absolute atomic E-state index is 0. The van der Waals surface area contributed by atoms with Gasteiger partial charge in [-0.3, -0.25) is 20.2 Å². The molecule has 0 aliphatic carbocycles. The van der Waals surface area contributed by atoms with Gasteiger partial charge in [0.2, 0.25) is 0 Å². The maximum Gasteiger partial charge on any atom is 1.00 e. The van der Waals surface area contributed by atoms with E-state index >= 15 is 0 Å². The zero-order valence-electron chi connectivity index (χ0n) is 30.5. The van der Waals surface area contributed by atoms with Crippen LogP contribution < -0.4 is 39.4 Å². The first kappa shape index (κ1) is 56.1. The van der Waals surface area contributed by atoms with E-state index in [-0.39, 0.29) is 86.3 Å². The van der Waals surface area contributed by atoms with Crippen LogP contribution in [-0.4, -0.2) is 32.9 Å². The molecule has 0 radical (unpaired) electrons. The van der Waals surface area contributed by atoms with E-state index in [2.05, 4.69) is 16.3 Å². The molecule has 1 N–H and O–H groups in total. The summed E-state index contributed by atoms with van der Waals surface area (Å²) in [6.07, 6.45) is 1.01. The van der Waals surface area contributed by atoms with Crippen LogP contribution in [0.25, 0.3) is 22.3 Å². The number of hydrogen-bond donors (Lipinski definition) is 1. The Balaban J connectivity index is 0.000000989. The Hall–Kier alpha value is -5.94. The van der Waals surface area contributed by atoms with Crippen LogP contribution in [-0.2, 0) is 17.6 Å². The first-order valence-corrected chi connectivity index (χ1v) is 16.9. The third kappa shape index (κ3) is 17.2. The number of rotatable bonds is 11. The summed E-state index contributed by atoms with van der Waals surface area (Å²) in [5, 5.41) is 36.8. The van der Waals surface area contributed by atoms with Gasteiger partial charge >= 0.3 is 41.6 Å². The number of nitro groups is 2. The first-order valence-electron chi connectivity index (χ1n) is 16.6. The number of benzene rings is 6. The number of nitro benzene ring substituents is 2. The van der Waals surface area contributed by atoms with Crippen LogP contribution in [0.5, 0.6) is 11.5 Å². The van der Waals surface area contributed by atoms with Gasteiger partial charge in [-0.2, -0.15) is 17.6 Å². The Morgan fingerprint density at radius 3 is 1.40 bits per heavy atom. The molecule has 6 rings (SSSR count). The number of carbonyl (C=O) groups excluding carboxylic acids is 1. The molecule has 0 spiro atoms. The number of non-ortho nitro benzene ring substituents is 2. The number of ether oxygens (including phenoxy) is 1. The summed E-state index contributed by atoms with van der Waals surface area (Å²) in [6.45, 7) is -3.02.